The molecule has 0 aliphatic heterocycles. The van der Waals surface area contributed by atoms with Crippen molar-refractivity contribution in [3.05, 3.63) is 36.5 Å². The van der Waals surface area contributed by atoms with E-state index < -0.39 is 15.9 Å². The zero-order chi connectivity index (χ0) is 22.5. The van der Waals surface area contributed by atoms with Crippen molar-refractivity contribution in [2.24, 2.45) is 5.73 Å². The average molecular weight is 443 g/mol. The van der Waals surface area contributed by atoms with Gasteiger partial charge >= 0.3 is 0 Å². The maximum absolute atomic E-state index is 11.6. The zero-order valence-electron chi connectivity index (χ0n) is 18.6. The number of hydrogen-bond donors (Lipinski definition) is 3. The molecule has 0 spiro atoms. The highest BCUT2D eigenvalue weighted by Crippen LogP contribution is 2.06. The van der Waals surface area contributed by atoms with E-state index in [4.69, 9.17) is 5.73 Å². The lowest BCUT2D eigenvalue weighted by molar-refractivity contribution is -0.119. The minimum Gasteiger partial charge on any atom is -0.393 e. The third-order valence-electron chi connectivity index (χ3n) is 4.48. The molecule has 4 N–H and O–H groups in total. The van der Waals surface area contributed by atoms with Crippen molar-refractivity contribution in [2.45, 2.75) is 90.1 Å². The van der Waals surface area contributed by atoms with Crippen molar-refractivity contribution < 1.29 is 18.3 Å². The van der Waals surface area contributed by atoms with Crippen LogP contribution in [0.3, 0.4) is 0 Å². The topological polar surface area (TPSA) is 109 Å². The Bertz CT molecular complexity index is 613. The van der Waals surface area contributed by atoms with Crippen LogP contribution in [0.2, 0.25) is 0 Å². The second-order valence-corrected chi connectivity index (χ2v) is 9.33. The Hall–Kier alpha value is -1.44. The normalized spacial score (nSPS) is 13.6. The van der Waals surface area contributed by atoms with Crippen LogP contribution < -0.4 is 10.5 Å². The molecule has 0 heterocycles. The highest BCUT2D eigenvalue weighted by atomic mass is 32.2. The van der Waals surface area contributed by atoms with Gasteiger partial charge in [0.1, 0.15) is 0 Å². The largest absolute Gasteiger partial charge is 0.393 e. The highest BCUT2D eigenvalue weighted by molar-refractivity contribution is 7.90. The summed E-state index contributed by atoms with van der Waals surface area (Å²) in [6, 6.07) is 0. The number of carbonyl (C=O) groups is 1. The van der Waals surface area contributed by atoms with Crippen LogP contribution in [0, 0.1) is 0 Å². The van der Waals surface area contributed by atoms with E-state index in [1.54, 1.807) is 0 Å². The smallest absolute Gasteiger partial charge is 0.234 e. The summed E-state index contributed by atoms with van der Waals surface area (Å²) in [6.07, 6.45) is 22.0. The number of unbranched alkanes of at least 4 members (excludes halogenated alkanes) is 4. The first-order valence-corrected chi connectivity index (χ1v) is 12.9. The van der Waals surface area contributed by atoms with Gasteiger partial charge < -0.3 is 10.8 Å². The van der Waals surface area contributed by atoms with Crippen LogP contribution in [0.25, 0.3) is 0 Å². The first-order valence-electron chi connectivity index (χ1n) is 11.3. The predicted molar refractivity (Wildman–Crippen MR) is 125 cm³/mol. The van der Waals surface area contributed by atoms with Gasteiger partial charge in [0.05, 0.1) is 11.9 Å². The maximum atomic E-state index is 11.6. The Labute approximate surface area is 183 Å². The van der Waals surface area contributed by atoms with Gasteiger partial charge in [0.25, 0.3) is 0 Å². The lowest BCUT2D eigenvalue weighted by Gasteiger charge is -2.05. The summed E-state index contributed by atoms with van der Waals surface area (Å²) in [6.45, 7) is 2.48. The van der Waals surface area contributed by atoms with E-state index in [1.807, 2.05) is 12.2 Å². The van der Waals surface area contributed by atoms with Crippen LogP contribution in [-0.2, 0) is 14.8 Å². The molecule has 174 valence electrons. The van der Waals surface area contributed by atoms with Crippen molar-refractivity contribution in [1.82, 2.24) is 4.72 Å². The van der Waals surface area contributed by atoms with Gasteiger partial charge in [-0.05, 0) is 64.3 Å². The number of rotatable bonds is 19. The van der Waals surface area contributed by atoms with E-state index in [1.165, 1.54) is 19.3 Å². The van der Waals surface area contributed by atoms with Gasteiger partial charge in [0.15, 0.2) is 0 Å². The molecule has 7 heteroatoms. The predicted octanol–water partition coefficient (Wildman–Crippen LogP) is 4.12. The molecule has 6 nitrogen and oxygen atoms in total. The van der Waals surface area contributed by atoms with Crippen LogP contribution in [0.15, 0.2) is 36.5 Å². The first-order chi connectivity index (χ1) is 14.4. The standard InChI is InChI=1S/C23H42N2O4S/c1-2-3-4-5-10-13-17-22(26)18-14-11-8-6-7-9-12-15-19-23(27)25-30(28,29)21-16-20-24/h7-11,13,22,26H,2-6,12,14-21,24H2,1H3,(H,25,27)/b9-7-,11-8-,13-10-/t22-/m0/s1. The van der Waals surface area contributed by atoms with Crippen molar-refractivity contribution >= 4 is 15.9 Å². The molecular formula is C23H42N2O4S. The molecule has 30 heavy (non-hydrogen) atoms. The fourth-order valence-electron chi connectivity index (χ4n) is 2.73. The molecule has 1 amide bonds. The third kappa shape index (κ3) is 19.9. The summed E-state index contributed by atoms with van der Waals surface area (Å²) in [5.41, 5.74) is 5.28. The van der Waals surface area contributed by atoms with Crippen molar-refractivity contribution in [1.29, 1.82) is 0 Å². The molecule has 0 unspecified atom stereocenters. The number of allylic oxidation sites excluding steroid dienone is 5. The summed E-state index contributed by atoms with van der Waals surface area (Å²) in [7, 11) is -3.55. The van der Waals surface area contributed by atoms with Gasteiger partial charge in [-0.3, -0.25) is 9.52 Å². The number of sulfonamides is 1. The van der Waals surface area contributed by atoms with E-state index in [-0.39, 0.29) is 24.8 Å². The summed E-state index contributed by atoms with van der Waals surface area (Å²) in [5, 5.41) is 9.93. The monoisotopic (exact) mass is 442 g/mol. The molecule has 1 atom stereocenters. The van der Waals surface area contributed by atoms with E-state index >= 15 is 0 Å². The van der Waals surface area contributed by atoms with Crippen LogP contribution in [0.4, 0.5) is 0 Å². The SMILES string of the molecule is CCCCC/C=C\C[C@H](O)CC/C=C\C/C=C\CCCC(=O)NS(=O)(=O)CCCN. The van der Waals surface area contributed by atoms with Gasteiger partial charge in [-0.25, -0.2) is 8.42 Å². The van der Waals surface area contributed by atoms with Gasteiger partial charge in [-0.2, -0.15) is 0 Å². The Kier molecular flexibility index (Phi) is 18.6. The van der Waals surface area contributed by atoms with E-state index in [9.17, 15) is 18.3 Å². The maximum Gasteiger partial charge on any atom is 0.234 e. The molecule has 0 aromatic rings. The Morgan fingerprint density at radius 1 is 0.967 bits per heavy atom. The van der Waals surface area contributed by atoms with Crippen LogP contribution in [-0.4, -0.2) is 37.8 Å². The second-order valence-electron chi connectivity index (χ2n) is 7.49. The molecule has 0 rings (SSSR count). The Morgan fingerprint density at radius 3 is 2.33 bits per heavy atom. The molecule has 0 aromatic carbocycles. The molecule has 0 saturated carbocycles. The fourth-order valence-corrected chi connectivity index (χ4v) is 3.82. The third-order valence-corrected chi connectivity index (χ3v) is 5.85. The van der Waals surface area contributed by atoms with Gasteiger partial charge in [-0.1, -0.05) is 56.2 Å². The lowest BCUT2D eigenvalue weighted by Crippen LogP contribution is -2.32. The fraction of sp³-hybridized carbons (Fsp3) is 0.696. The minimum absolute atomic E-state index is 0.117. The van der Waals surface area contributed by atoms with E-state index in [2.05, 4.69) is 35.9 Å². The van der Waals surface area contributed by atoms with Gasteiger partial charge in [0.2, 0.25) is 15.9 Å². The number of carbonyl (C=O) groups excluding carboxylic acids is 1. The average Bonchev–Trinajstić information content (AvgIpc) is 2.70. The summed E-state index contributed by atoms with van der Waals surface area (Å²) in [4.78, 5) is 11.6. The van der Waals surface area contributed by atoms with E-state index in [0.717, 1.165) is 38.5 Å². The Morgan fingerprint density at radius 2 is 1.63 bits per heavy atom. The van der Waals surface area contributed by atoms with Crippen LogP contribution >= 0.6 is 0 Å². The number of nitrogens with two attached hydrogens (primary N) is 1. The molecule has 0 bridgehead atoms. The molecule has 0 aromatic heterocycles. The lowest BCUT2D eigenvalue weighted by atomic mass is 10.1. The summed E-state index contributed by atoms with van der Waals surface area (Å²) in [5.74, 6) is -0.580. The summed E-state index contributed by atoms with van der Waals surface area (Å²) >= 11 is 0. The Balaban J connectivity index is 3.69. The van der Waals surface area contributed by atoms with Crippen LogP contribution in [0.5, 0.6) is 0 Å². The second kappa shape index (κ2) is 19.5. The number of amides is 1. The van der Waals surface area contributed by atoms with Crippen molar-refractivity contribution in [2.75, 3.05) is 12.3 Å². The van der Waals surface area contributed by atoms with Gasteiger partial charge in [0, 0.05) is 6.42 Å². The van der Waals surface area contributed by atoms with Crippen LogP contribution in [0.1, 0.15) is 84.0 Å². The zero-order valence-corrected chi connectivity index (χ0v) is 19.4. The molecular weight excluding hydrogens is 400 g/mol. The quantitative estimate of drug-likeness (QED) is 0.206. The minimum atomic E-state index is -3.55. The molecule has 0 radical (unpaired) electrons. The van der Waals surface area contributed by atoms with E-state index in [0.29, 0.717) is 12.8 Å². The van der Waals surface area contributed by atoms with Crippen molar-refractivity contribution in [3.63, 3.8) is 0 Å². The highest BCUT2D eigenvalue weighted by Gasteiger charge is 2.13. The number of aliphatic hydroxyl groups is 1. The molecule has 0 aliphatic rings. The van der Waals surface area contributed by atoms with Crippen molar-refractivity contribution in [3.8, 4) is 0 Å². The number of hydrogen-bond acceptors (Lipinski definition) is 5. The van der Waals surface area contributed by atoms with Gasteiger partial charge in [-0.15, -0.1) is 0 Å². The summed E-state index contributed by atoms with van der Waals surface area (Å²) < 4.78 is 25.2. The molecule has 0 saturated heterocycles. The molecule has 0 fully saturated rings. The number of nitrogens with one attached hydrogen (secondary N) is 1. The first kappa shape index (κ1) is 28.6. The molecule has 0 aliphatic carbocycles. The number of aliphatic hydroxyl groups excluding tert-OH is 1.